The molecule has 0 aliphatic carbocycles. The summed E-state index contributed by atoms with van der Waals surface area (Å²) < 4.78 is 6.81. The zero-order valence-corrected chi connectivity index (χ0v) is 13.5. The van der Waals surface area contributed by atoms with Crippen molar-refractivity contribution in [3.05, 3.63) is 71.0 Å². The highest BCUT2D eigenvalue weighted by molar-refractivity contribution is 5.71. The number of methoxy groups -OCH3 is 1. The highest BCUT2D eigenvalue weighted by Crippen LogP contribution is 2.19. The van der Waals surface area contributed by atoms with Crippen molar-refractivity contribution in [3.63, 3.8) is 0 Å². The molecule has 0 fully saturated rings. The van der Waals surface area contributed by atoms with Crippen molar-refractivity contribution in [2.45, 2.75) is 6.92 Å². The maximum Gasteiger partial charge on any atom is 0.190 e. The van der Waals surface area contributed by atoms with Gasteiger partial charge in [0.15, 0.2) is 5.69 Å². The van der Waals surface area contributed by atoms with E-state index in [2.05, 4.69) is 16.4 Å². The molecule has 0 aliphatic rings. The lowest BCUT2D eigenvalue weighted by molar-refractivity contribution is 0.414. The first-order valence-electron chi connectivity index (χ1n) is 7.46. The van der Waals surface area contributed by atoms with Gasteiger partial charge in [-0.25, -0.2) is 4.68 Å². The van der Waals surface area contributed by atoms with Crippen molar-refractivity contribution in [2.75, 3.05) is 7.11 Å². The van der Waals surface area contributed by atoms with Gasteiger partial charge in [0.2, 0.25) is 0 Å². The summed E-state index contributed by atoms with van der Waals surface area (Å²) in [7, 11) is 1.62. The Bertz CT molecular complexity index is 900. The van der Waals surface area contributed by atoms with E-state index >= 15 is 0 Å². The zero-order valence-electron chi connectivity index (χ0n) is 13.5. The van der Waals surface area contributed by atoms with Gasteiger partial charge in [0.25, 0.3) is 0 Å². The van der Waals surface area contributed by atoms with Gasteiger partial charge in [0, 0.05) is 0 Å². The standard InChI is InChI=1S/C19H16N4O/c1-14-3-5-15(6-4-14)7-12-19-18(13-20)21-22-23(19)16-8-10-17(24-2)11-9-16/h3-12H,1-2H3/b12-7+. The second kappa shape index (κ2) is 6.80. The quantitative estimate of drug-likeness (QED) is 0.737. The molecule has 1 aromatic heterocycles. The topological polar surface area (TPSA) is 63.7 Å². The van der Waals surface area contributed by atoms with Crippen molar-refractivity contribution >= 4 is 12.2 Å². The molecule has 1 heterocycles. The molecule has 118 valence electrons. The highest BCUT2D eigenvalue weighted by atomic mass is 16.5. The summed E-state index contributed by atoms with van der Waals surface area (Å²) in [4.78, 5) is 0. The summed E-state index contributed by atoms with van der Waals surface area (Å²) in [6.07, 6.45) is 3.80. The average molecular weight is 316 g/mol. The largest absolute Gasteiger partial charge is 0.497 e. The number of benzene rings is 2. The molecule has 0 saturated heterocycles. The SMILES string of the molecule is COc1ccc(-n2nnc(C#N)c2/C=C/c2ccc(C)cc2)cc1. The Morgan fingerprint density at radius 1 is 1.04 bits per heavy atom. The fraction of sp³-hybridized carbons (Fsp3) is 0.105. The molecule has 3 rings (SSSR count). The van der Waals surface area contributed by atoms with Crippen molar-refractivity contribution in [1.29, 1.82) is 5.26 Å². The molecule has 0 N–H and O–H groups in total. The molecule has 0 radical (unpaired) electrons. The molecular formula is C19H16N4O. The third-order valence-corrected chi connectivity index (χ3v) is 3.64. The Labute approximate surface area is 140 Å². The van der Waals surface area contributed by atoms with Crippen LogP contribution in [0.5, 0.6) is 5.75 Å². The fourth-order valence-electron chi connectivity index (χ4n) is 2.29. The molecule has 0 aliphatic heterocycles. The number of ether oxygens (including phenoxy) is 1. The first-order chi connectivity index (χ1) is 11.7. The van der Waals surface area contributed by atoms with Crippen LogP contribution in [-0.2, 0) is 0 Å². The Balaban J connectivity index is 1.98. The smallest absolute Gasteiger partial charge is 0.190 e. The summed E-state index contributed by atoms with van der Waals surface area (Å²) in [5.41, 5.74) is 3.99. The van der Waals surface area contributed by atoms with Gasteiger partial charge >= 0.3 is 0 Å². The highest BCUT2D eigenvalue weighted by Gasteiger charge is 2.11. The van der Waals surface area contributed by atoms with Crippen molar-refractivity contribution in [1.82, 2.24) is 15.0 Å². The summed E-state index contributed by atoms with van der Waals surface area (Å²) >= 11 is 0. The number of aromatic nitrogens is 3. The maximum atomic E-state index is 9.27. The van der Waals surface area contributed by atoms with E-state index in [1.807, 2.05) is 67.6 Å². The molecule has 0 amide bonds. The van der Waals surface area contributed by atoms with Gasteiger partial charge in [-0.2, -0.15) is 5.26 Å². The minimum atomic E-state index is 0.286. The van der Waals surface area contributed by atoms with Gasteiger partial charge in [0.05, 0.1) is 12.8 Å². The zero-order chi connectivity index (χ0) is 16.9. The molecule has 0 bridgehead atoms. The minimum absolute atomic E-state index is 0.286. The van der Waals surface area contributed by atoms with E-state index in [0.717, 1.165) is 17.0 Å². The van der Waals surface area contributed by atoms with Crippen LogP contribution in [0.15, 0.2) is 48.5 Å². The van der Waals surface area contributed by atoms with Crippen LogP contribution in [0.25, 0.3) is 17.8 Å². The Hall–Kier alpha value is -3.39. The Morgan fingerprint density at radius 2 is 1.75 bits per heavy atom. The fourth-order valence-corrected chi connectivity index (χ4v) is 2.29. The van der Waals surface area contributed by atoms with E-state index < -0.39 is 0 Å². The predicted molar refractivity (Wildman–Crippen MR) is 92.7 cm³/mol. The number of rotatable bonds is 4. The van der Waals surface area contributed by atoms with Gasteiger partial charge < -0.3 is 4.74 Å². The van der Waals surface area contributed by atoms with Gasteiger partial charge in [0.1, 0.15) is 17.5 Å². The lowest BCUT2D eigenvalue weighted by Crippen LogP contribution is -1.99. The molecule has 2 aromatic carbocycles. The Kier molecular flexibility index (Phi) is 4.39. The van der Waals surface area contributed by atoms with Crippen LogP contribution in [0, 0.1) is 18.3 Å². The van der Waals surface area contributed by atoms with E-state index in [4.69, 9.17) is 4.74 Å². The number of nitriles is 1. The van der Waals surface area contributed by atoms with Crippen LogP contribution in [0.4, 0.5) is 0 Å². The van der Waals surface area contributed by atoms with E-state index in [1.165, 1.54) is 5.56 Å². The van der Waals surface area contributed by atoms with Crippen LogP contribution in [0.3, 0.4) is 0 Å². The lowest BCUT2D eigenvalue weighted by Gasteiger charge is -2.05. The molecule has 0 saturated carbocycles. The predicted octanol–water partition coefficient (Wildman–Crippen LogP) is 3.63. The second-order valence-corrected chi connectivity index (χ2v) is 5.29. The third-order valence-electron chi connectivity index (χ3n) is 3.64. The molecule has 0 atom stereocenters. The number of aryl methyl sites for hydroxylation is 1. The second-order valence-electron chi connectivity index (χ2n) is 5.29. The third kappa shape index (κ3) is 3.18. The first kappa shape index (κ1) is 15.5. The van der Waals surface area contributed by atoms with Crippen molar-refractivity contribution < 1.29 is 4.74 Å². The molecular weight excluding hydrogens is 300 g/mol. The van der Waals surface area contributed by atoms with Crippen LogP contribution in [0.1, 0.15) is 22.5 Å². The first-order valence-corrected chi connectivity index (χ1v) is 7.46. The number of hydrogen-bond acceptors (Lipinski definition) is 4. The van der Waals surface area contributed by atoms with Crippen molar-refractivity contribution in [2.24, 2.45) is 0 Å². The molecule has 24 heavy (non-hydrogen) atoms. The van der Waals surface area contributed by atoms with Gasteiger partial charge in [-0.05, 0) is 42.8 Å². The molecule has 3 aromatic rings. The molecule has 0 unspecified atom stereocenters. The lowest BCUT2D eigenvalue weighted by atomic mass is 10.1. The normalized spacial score (nSPS) is 10.7. The van der Waals surface area contributed by atoms with E-state index in [9.17, 15) is 5.26 Å². The molecule has 5 nitrogen and oxygen atoms in total. The molecule has 5 heteroatoms. The monoisotopic (exact) mass is 316 g/mol. The van der Waals surface area contributed by atoms with Crippen LogP contribution in [-0.4, -0.2) is 22.1 Å². The summed E-state index contributed by atoms with van der Waals surface area (Å²) in [5.74, 6) is 0.760. The molecule has 0 spiro atoms. The van der Waals surface area contributed by atoms with Crippen LogP contribution >= 0.6 is 0 Å². The summed E-state index contributed by atoms with van der Waals surface area (Å²) in [6, 6.07) is 17.7. The Morgan fingerprint density at radius 3 is 2.38 bits per heavy atom. The minimum Gasteiger partial charge on any atom is -0.497 e. The number of nitrogens with zero attached hydrogens (tertiary/aromatic N) is 4. The van der Waals surface area contributed by atoms with Crippen LogP contribution in [0.2, 0.25) is 0 Å². The summed E-state index contributed by atoms with van der Waals surface area (Å²) in [5, 5.41) is 17.3. The van der Waals surface area contributed by atoms with Crippen molar-refractivity contribution in [3.8, 4) is 17.5 Å². The van der Waals surface area contributed by atoms with Crippen LogP contribution < -0.4 is 4.74 Å². The van der Waals surface area contributed by atoms with E-state index in [1.54, 1.807) is 11.8 Å². The van der Waals surface area contributed by atoms with E-state index in [0.29, 0.717) is 5.69 Å². The number of hydrogen-bond donors (Lipinski definition) is 0. The summed E-state index contributed by atoms with van der Waals surface area (Å²) in [6.45, 7) is 2.05. The van der Waals surface area contributed by atoms with E-state index in [-0.39, 0.29) is 5.69 Å². The van der Waals surface area contributed by atoms with Gasteiger partial charge in [-0.1, -0.05) is 41.1 Å². The maximum absolute atomic E-state index is 9.27. The average Bonchev–Trinajstić information content (AvgIpc) is 3.04. The van der Waals surface area contributed by atoms with Gasteiger partial charge in [-0.15, -0.1) is 5.10 Å². The van der Waals surface area contributed by atoms with Gasteiger partial charge in [-0.3, -0.25) is 0 Å².